The molecule has 0 bridgehead atoms. The van der Waals surface area contributed by atoms with Crippen molar-refractivity contribution in [3.63, 3.8) is 0 Å². The maximum atomic E-state index is 13.4. The van der Waals surface area contributed by atoms with Crippen LogP contribution >= 0.6 is 67.8 Å². The molecule has 0 spiro atoms. The smallest absolute Gasteiger partial charge is 0.257 e. The maximum absolute atomic E-state index is 13.4. The topological polar surface area (TPSA) is 191 Å². The summed E-state index contributed by atoms with van der Waals surface area (Å²) in [6, 6.07) is 0. The second-order valence-corrected chi connectivity index (χ2v) is 10.7. The van der Waals surface area contributed by atoms with Gasteiger partial charge in [-0.3, -0.25) is 14.4 Å². The molecular formula is C20H28I3N3O9. The van der Waals surface area contributed by atoms with E-state index in [2.05, 4.69) is 5.32 Å². The van der Waals surface area contributed by atoms with Crippen molar-refractivity contribution in [2.75, 3.05) is 45.8 Å². The van der Waals surface area contributed by atoms with Crippen LogP contribution in [-0.2, 0) is 4.79 Å². The fourth-order valence-electron chi connectivity index (χ4n) is 2.84. The van der Waals surface area contributed by atoms with E-state index in [1.54, 1.807) is 22.6 Å². The van der Waals surface area contributed by atoms with E-state index >= 15 is 0 Å². The lowest BCUT2D eigenvalue weighted by Crippen LogP contribution is -2.40. The van der Waals surface area contributed by atoms with Gasteiger partial charge in [0, 0.05) is 43.7 Å². The number of halogens is 3. The molecule has 1 aromatic rings. The van der Waals surface area contributed by atoms with Gasteiger partial charge >= 0.3 is 0 Å². The van der Waals surface area contributed by atoms with Crippen LogP contribution in [0.3, 0.4) is 0 Å². The van der Waals surface area contributed by atoms with E-state index < -0.39 is 49.3 Å². The third-order valence-electron chi connectivity index (χ3n) is 5.11. The van der Waals surface area contributed by atoms with E-state index in [1.807, 2.05) is 45.2 Å². The van der Waals surface area contributed by atoms with Crippen molar-refractivity contribution in [1.82, 2.24) is 9.80 Å². The molecule has 7 N–H and O–H groups in total. The van der Waals surface area contributed by atoms with Crippen LogP contribution < -0.4 is 5.32 Å². The number of nitrogens with one attached hydrogen (secondary N) is 1. The zero-order valence-corrected chi connectivity index (χ0v) is 25.4. The van der Waals surface area contributed by atoms with Crippen LogP contribution in [0.1, 0.15) is 33.6 Å². The molecule has 0 aliphatic rings. The lowest BCUT2D eigenvalue weighted by atomic mass is 10.1. The van der Waals surface area contributed by atoms with Gasteiger partial charge in [-0.15, -0.1) is 0 Å². The van der Waals surface area contributed by atoms with E-state index in [-0.39, 0.29) is 53.6 Å². The molecular weight excluding hydrogens is 807 g/mol. The third kappa shape index (κ3) is 7.79. The van der Waals surface area contributed by atoms with Crippen molar-refractivity contribution in [2.24, 2.45) is 5.92 Å². The summed E-state index contributed by atoms with van der Waals surface area (Å²) in [6.45, 7) is -2.02. The largest absolute Gasteiger partial charge is 0.396 e. The van der Waals surface area contributed by atoms with Gasteiger partial charge in [0.25, 0.3) is 11.8 Å². The molecule has 0 aromatic heterocycles. The Hall–Kier alpha value is -0.420. The van der Waals surface area contributed by atoms with E-state index in [0.717, 1.165) is 9.80 Å². The summed E-state index contributed by atoms with van der Waals surface area (Å²) in [7, 11) is 2.63. The lowest BCUT2D eigenvalue weighted by Gasteiger charge is -2.28. The zero-order chi connectivity index (χ0) is 27.0. The first-order chi connectivity index (χ1) is 16.4. The number of rotatable bonds is 12. The van der Waals surface area contributed by atoms with Crippen molar-refractivity contribution < 1.29 is 45.0 Å². The summed E-state index contributed by atoms with van der Waals surface area (Å²) in [6.07, 6.45) is -2.87. The number of benzene rings is 1. The molecule has 15 heteroatoms. The van der Waals surface area contributed by atoms with E-state index in [9.17, 15) is 34.8 Å². The predicted octanol–water partition coefficient (Wildman–Crippen LogP) is -0.415. The molecule has 12 nitrogen and oxygen atoms in total. The Labute approximate surface area is 243 Å². The van der Waals surface area contributed by atoms with Gasteiger partial charge < -0.3 is 45.8 Å². The van der Waals surface area contributed by atoms with E-state index in [1.165, 1.54) is 14.1 Å². The van der Waals surface area contributed by atoms with E-state index in [4.69, 9.17) is 10.2 Å². The van der Waals surface area contributed by atoms with Gasteiger partial charge in [-0.05, 0) is 67.8 Å². The second-order valence-electron chi connectivity index (χ2n) is 7.44. The monoisotopic (exact) mass is 835 g/mol. The van der Waals surface area contributed by atoms with Gasteiger partial charge in [0.2, 0.25) is 5.91 Å². The molecule has 198 valence electrons. The summed E-state index contributed by atoms with van der Waals surface area (Å²) >= 11 is 5.43. The molecule has 0 aliphatic carbocycles. The van der Waals surface area contributed by atoms with Crippen LogP contribution in [0.25, 0.3) is 0 Å². The number of anilines is 1. The number of aliphatic hydroxyl groups excluding tert-OH is 6. The quantitative estimate of drug-likeness (QED) is 0.108. The molecule has 0 saturated heterocycles. The molecule has 35 heavy (non-hydrogen) atoms. The Kier molecular flexibility index (Phi) is 14.1. The molecule has 0 fully saturated rings. The van der Waals surface area contributed by atoms with Gasteiger partial charge in [-0.1, -0.05) is 0 Å². The number of carbonyl (C=O) groups is 3. The Morgan fingerprint density at radius 2 is 1.14 bits per heavy atom. The highest BCUT2D eigenvalue weighted by atomic mass is 127. The molecule has 0 saturated carbocycles. The number of carbonyl (C=O) groups excluding carboxylic acids is 3. The first kappa shape index (κ1) is 32.6. The first-order valence-electron chi connectivity index (χ1n) is 10.2. The van der Waals surface area contributed by atoms with Crippen LogP contribution in [0, 0.1) is 16.6 Å². The molecule has 1 aromatic carbocycles. The molecule has 1 rings (SSSR count). The summed E-state index contributed by atoms with van der Waals surface area (Å²) in [5.74, 6) is -3.28. The van der Waals surface area contributed by atoms with Crippen molar-refractivity contribution in [3.05, 3.63) is 21.8 Å². The van der Waals surface area contributed by atoms with Gasteiger partial charge in [0.15, 0.2) is 0 Å². The fraction of sp³-hybridized carbons (Fsp3) is 0.550. The molecule has 2 atom stereocenters. The average molecular weight is 835 g/mol. The predicted molar refractivity (Wildman–Crippen MR) is 150 cm³/mol. The first-order valence-corrected chi connectivity index (χ1v) is 13.5. The normalized spacial score (nSPS) is 12.9. The summed E-state index contributed by atoms with van der Waals surface area (Å²) in [5.41, 5.74) is 0.0454. The van der Waals surface area contributed by atoms with Gasteiger partial charge in [-0.2, -0.15) is 0 Å². The molecule has 3 amide bonds. The van der Waals surface area contributed by atoms with Crippen molar-refractivity contribution in [1.29, 1.82) is 0 Å². The van der Waals surface area contributed by atoms with Gasteiger partial charge in [-0.25, -0.2) is 0 Å². The van der Waals surface area contributed by atoms with Crippen molar-refractivity contribution >= 4 is 91.2 Å². The third-order valence-corrected chi connectivity index (χ3v) is 8.35. The number of amides is 3. The molecule has 0 aliphatic heterocycles. The Bertz CT molecular complexity index is 874. The summed E-state index contributed by atoms with van der Waals surface area (Å²) in [5, 5.41) is 60.0. The standard InChI is InChI=1S/C20H28I3N3O9/c1-25(10(31)3-5-27)19(34)12-14(21)13(20(35)26(2)11(32)4-6-28)16(23)17(15(12)22)24-18(33)9(7-29)8-30/h9-11,27-32H,3-8H2,1-2H3,(H,24,33). The molecule has 2 unspecified atom stereocenters. The molecule has 0 radical (unpaired) electrons. The highest BCUT2D eigenvalue weighted by Crippen LogP contribution is 2.37. The fourth-order valence-corrected chi connectivity index (χ4v) is 7.20. The Balaban J connectivity index is 3.79. The number of hydrogen-bond acceptors (Lipinski definition) is 9. The minimum absolute atomic E-state index is 0.0145. The van der Waals surface area contributed by atoms with Gasteiger partial charge in [0.1, 0.15) is 12.5 Å². The Morgan fingerprint density at radius 3 is 1.46 bits per heavy atom. The minimum Gasteiger partial charge on any atom is -0.396 e. The maximum Gasteiger partial charge on any atom is 0.257 e. The minimum atomic E-state index is -1.32. The van der Waals surface area contributed by atoms with Crippen LogP contribution in [0.2, 0.25) is 0 Å². The van der Waals surface area contributed by atoms with E-state index in [0.29, 0.717) is 0 Å². The van der Waals surface area contributed by atoms with Crippen LogP contribution in [-0.4, -0.2) is 111 Å². The van der Waals surface area contributed by atoms with Crippen molar-refractivity contribution in [3.8, 4) is 0 Å². The van der Waals surface area contributed by atoms with Gasteiger partial charge in [0.05, 0.1) is 43.1 Å². The van der Waals surface area contributed by atoms with Crippen LogP contribution in [0.4, 0.5) is 5.69 Å². The number of aliphatic hydroxyl groups is 6. The highest BCUT2D eigenvalue weighted by molar-refractivity contribution is 14.1. The lowest BCUT2D eigenvalue weighted by molar-refractivity contribution is -0.122. The number of nitrogens with zero attached hydrogens (tertiary/aromatic N) is 2. The average Bonchev–Trinajstić information content (AvgIpc) is 2.81. The van der Waals surface area contributed by atoms with Crippen molar-refractivity contribution in [2.45, 2.75) is 25.3 Å². The number of hydrogen-bond donors (Lipinski definition) is 7. The summed E-state index contributed by atoms with van der Waals surface area (Å²) in [4.78, 5) is 41.3. The Morgan fingerprint density at radius 1 is 0.771 bits per heavy atom. The SMILES string of the molecule is CN(C(=O)c1c(I)c(NC(=O)C(CO)CO)c(I)c(C(=O)N(C)C(O)CCO)c1I)C(O)CCO. The highest BCUT2D eigenvalue weighted by Gasteiger charge is 2.33. The van der Waals surface area contributed by atoms with Crippen LogP contribution in [0.15, 0.2) is 0 Å². The molecule has 0 heterocycles. The zero-order valence-electron chi connectivity index (χ0n) is 18.9. The summed E-state index contributed by atoms with van der Waals surface area (Å²) < 4.78 is 0.668. The van der Waals surface area contributed by atoms with Crippen LogP contribution in [0.5, 0.6) is 0 Å². The second kappa shape index (κ2) is 15.1.